The number of hydrogen-bond donors (Lipinski definition) is 1. The average Bonchev–Trinajstić information content (AvgIpc) is 2.70. The smallest absolute Gasteiger partial charge is 0.0224 e. The predicted molar refractivity (Wildman–Crippen MR) is 86.9 cm³/mol. The predicted octanol–water partition coefficient (Wildman–Crippen LogP) is 3.63. The number of benzene rings is 1. The summed E-state index contributed by atoms with van der Waals surface area (Å²) in [6.45, 7) is 7.95. The second-order valence-electron chi connectivity index (χ2n) is 6.51. The average molecular weight is 274 g/mol. The Morgan fingerprint density at radius 1 is 1.20 bits per heavy atom. The molecule has 0 amide bonds. The van der Waals surface area contributed by atoms with Crippen molar-refractivity contribution in [1.29, 1.82) is 0 Å². The number of hydrogen-bond acceptors (Lipinski definition) is 2. The Morgan fingerprint density at radius 2 is 1.95 bits per heavy atom. The van der Waals surface area contributed by atoms with Crippen LogP contribution in [0.5, 0.6) is 0 Å². The van der Waals surface area contributed by atoms with Crippen LogP contribution in [0.15, 0.2) is 30.3 Å². The molecule has 20 heavy (non-hydrogen) atoms. The molecular formula is C18H30N2. The topological polar surface area (TPSA) is 29.3 Å². The van der Waals surface area contributed by atoms with Crippen molar-refractivity contribution in [1.82, 2.24) is 4.90 Å². The molecule has 2 nitrogen and oxygen atoms in total. The van der Waals surface area contributed by atoms with E-state index in [-0.39, 0.29) is 0 Å². The highest BCUT2D eigenvalue weighted by Crippen LogP contribution is 2.25. The first-order valence-corrected chi connectivity index (χ1v) is 8.19. The van der Waals surface area contributed by atoms with Crippen molar-refractivity contribution in [3.05, 3.63) is 35.9 Å². The first kappa shape index (κ1) is 15.5. The van der Waals surface area contributed by atoms with E-state index in [9.17, 15) is 0 Å². The molecule has 1 fully saturated rings. The molecule has 0 radical (unpaired) electrons. The molecule has 1 aliphatic rings. The van der Waals surface area contributed by atoms with Crippen LogP contribution in [0.4, 0.5) is 0 Å². The second-order valence-corrected chi connectivity index (χ2v) is 6.51. The van der Waals surface area contributed by atoms with Gasteiger partial charge in [-0.05, 0) is 56.2 Å². The van der Waals surface area contributed by atoms with Gasteiger partial charge in [0.05, 0.1) is 0 Å². The molecule has 1 saturated heterocycles. The summed E-state index contributed by atoms with van der Waals surface area (Å²) in [4.78, 5) is 2.64. The zero-order valence-corrected chi connectivity index (χ0v) is 13.1. The standard InChI is InChI=1S/C18H30N2/c1-15-7-6-11-20(12-10-15)18(14-19)13-16(2)17-8-4-3-5-9-17/h3-5,8-9,15-16,18H,6-7,10-14,19H2,1-2H3. The highest BCUT2D eigenvalue weighted by atomic mass is 15.2. The molecule has 1 aromatic carbocycles. The molecule has 1 heterocycles. The fourth-order valence-electron chi connectivity index (χ4n) is 3.37. The number of rotatable bonds is 5. The third kappa shape index (κ3) is 4.32. The summed E-state index contributed by atoms with van der Waals surface area (Å²) in [6.07, 6.45) is 5.21. The van der Waals surface area contributed by atoms with Gasteiger partial charge in [-0.1, -0.05) is 44.2 Å². The van der Waals surface area contributed by atoms with E-state index in [1.54, 1.807) is 0 Å². The fraction of sp³-hybridized carbons (Fsp3) is 0.667. The van der Waals surface area contributed by atoms with Crippen LogP contribution in [0.3, 0.4) is 0 Å². The summed E-state index contributed by atoms with van der Waals surface area (Å²) in [5.74, 6) is 1.47. The maximum atomic E-state index is 6.07. The van der Waals surface area contributed by atoms with Gasteiger partial charge in [0, 0.05) is 12.6 Å². The van der Waals surface area contributed by atoms with Crippen molar-refractivity contribution >= 4 is 0 Å². The lowest BCUT2D eigenvalue weighted by Gasteiger charge is -2.31. The van der Waals surface area contributed by atoms with E-state index < -0.39 is 0 Å². The summed E-state index contributed by atoms with van der Waals surface area (Å²) in [7, 11) is 0. The SMILES string of the molecule is CC1CCCN(C(CN)CC(C)c2ccccc2)CC1. The molecule has 1 aliphatic heterocycles. The van der Waals surface area contributed by atoms with E-state index >= 15 is 0 Å². The van der Waals surface area contributed by atoms with Crippen LogP contribution in [0, 0.1) is 5.92 Å². The number of nitrogens with two attached hydrogens (primary N) is 1. The minimum Gasteiger partial charge on any atom is -0.329 e. The molecule has 2 rings (SSSR count). The summed E-state index contributed by atoms with van der Waals surface area (Å²) < 4.78 is 0. The maximum Gasteiger partial charge on any atom is 0.0224 e. The van der Waals surface area contributed by atoms with Crippen molar-refractivity contribution < 1.29 is 0 Å². The van der Waals surface area contributed by atoms with E-state index in [0.717, 1.165) is 12.5 Å². The Bertz CT molecular complexity index is 376. The monoisotopic (exact) mass is 274 g/mol. The summed E-state index contributed by atoms with van der Waals surface area (Å²) in [5.41, 5.74) is 7.51. The first-order valence-electron chi connectivity index (χ1n) is 8.19. The largest absolute Gasteiger partial charge is 0.329 e. The zero-order chi connectivity index (χ0) is 14.4. The Kier molecular flexibility index (Phi) is 6.06. The summed E-state index contributed by atoms with van der Waals surface area (Å²) in [5, 5.41) is 0. The van der Waals surface area contributed by atoms with E-state index in [4.69, 9.17) is 5.73 Å². The minimum absolute atomic E-state index is 0.538. The van der Waals surface area contributed by atoms with Crippen LogP contribution in [0.2, 0.25) is 0 Å². The Balaban J connectivity index is 1.94. The maximum absolute atomic E-state index is 6.07. The molecule has 3 unspecified atom stereocenters. The molecule has 2 N–H and O–H groups in total. The van der Waals surface area contributed by atoms with Gasteiger partial charge in [0.2, 0.25) is 0 Å². The zero-order valence-electron chi connectivity index (χ0n) is 13.1. The molecule has 0 aliphatic carbocycles. The molecular weight excluding hydrogens is 244 g/mol. The number of nitrogens with zero attached hydrogens (tertiary/aromatic N) is 1. The lowest BCUT2D eigenvalue weighted by molar-refractivity contribution is 0.189. The Morgan fingerprint density at radius 3 is 2.65 bits per heavy atom. The van der Waals surface area contributed by atoms with Gasteiger partial charge in [0.25, 0.3) is 0 Å². The molecule has 2 heteroatoms. The van der Waals surface area contributed by atoms with Crippen LogP contribution >= 0.6 is 0 Å². The van der Waals surface area contributed by atoms with E-state index in [0.29, 0.717) is 12.0 Å². The Hall–Kier alpha value is -0.860. The van der Waals surface area contributed by atoms with Crippen molar-refractivity contribution in [3.63, 3.8) is 0 Å². The third-order valence-electron chi connectivity index (χ3n) is 4.83. The van der Waals surface area contributed by atoms with Crippen molar-refractivity contribution in [2.75, 3.05) is 19.6 Å². The van der Waals surface area contributed by atoms with Gasteiger partial charge >= 0.3 is 0 Å². The van der Waals surface area contributed by atoms with Gasteiger partial charge in [0.15, 0.2) is 0 Å². The van der Waals surface area contributed by atoms with Gasteiger partial charge in [-0.15, -0.1) is 0 Å². The Labute approximate surface area is 124 Å². The van der Waals surface area contributed by atoms with Crippen molar-refractivity contribution in [2.24, 2.45) is 11.7 Å². The molecule has 0 saturated carbocycles. The van der Waals surface area contributed by atoms with Gasteiger partial charge in [0.1, 0.15) is 0 Å². The lowest BCUT2D eigenvalue weighted by atomic mass is 9.93. The van der Waals surface area contributed by atoms with Gasteiger partial charge in [-0.3, -0.25) is 4.90 Å². The summed E-state index contributed by atoms with van der Waals surface area (Å²) in [6, 6.07) is 11.4. The first-order chi connectivity index (χ1) is 9.70. The van der Waals surface area contributed by atoms with Gasteiger partial charge in [-0.2, -0.15) is 0 Å². The third-order valence-corrected chi connectivity index (χ3v) is 4.83. The van der Waals surface area contributed by atoms with Gasteiger partial charge < -0.3 is 5.73 Å². The molecule has 112 valence electrons. The molecule has 0 aromatic heterocycles. The minimum atomic E-state index is 0.538. The van der Waals surface area contributed by atoms with E-state index in [1.165, 1.54) is 44.3 Å². The van der Waals surface area contributed by atoms with E-state index in [1.807, 2.05) is 0 Å². The highest BCUT2D eigenvalue weighted by Gasteiger charge is 2.22. The van der Waals surface area contributed by atoms with Crippen LogP contribution in [-0.2, 0) is 0 Å². The number of likely N-dealkylation sites (tertiary alicyclic amines) is 1. The van der Waals surface area contributed by atoms with Crippen molar-refractivity contribution in [3.8, 4) is 0 Å². The molecule has 3 atom stereocenters. The molecule has 0 bridgehead atoms. The molecule has 1 aromatic rings. The quantitative estimate of drug-likeness (QED) is 0.888. The van der Waals surface area contributed by atoms with Crippen LogP contribution in [0.25, 0.3) is 0 Å². The van der Waals surface area contributed by atoms with Crippen LogP contribution in [-0.4, -0.2) is 30.6 Å². The normalized spacial score (nSPS) is 24.1. The lowest BCUT2D eigenvalue weighted by Crippen LogP contribution is -2.42. The van der Waals surface area contributed by atoms with Crippen LogP contribution < -0.4 is 5.73 Å². The highest BCUT2D eigenvalue weighted by molar-refractivity contribution is 5.18. The fourth-order valence-corrected chi connectivity index (χ4v) is 3.37. The van der Waals surface area contributed by atoms with Crippen LogP contribution in [0.1, 0.15) is 51.0 Å². The second kappa shape index (κ2) is 7.80. The van der Waals surface area contributed by atoms with Crippen molar-refractivity contribution in [2.45, 2.75) is 51.5 Å². The summed E-state index contributed by atoms with van der Waals surface area (Å²) >= 11 is 0. The molecule has 0 spiro atoms. The van der Waals surface area contributed by atoms with Gasteiger partial charge in [-0.25, -0.2) is 0 Å². The van der Waals surface area contributed by atoms with E-state index in [2.05, 4.69) is 49.1 Å².